The fourth-order valence-electron chi connectivity index (χ4n) is 2.02. The van der Waals surface area contributed by atoms with Crippen molar-refractivity contribution in [2.75, 3.05) is 5.73 Å². The van der Waals surface area contributed by atoms with Crippen LogP contribution in [0, 0.1) is 6.92 Å². The second kappa shape index (κ2) is 6.17. The maximum Gasteiger partial charge on any atom is 0.241 e. The number of rotatable bonds is 4. The van der Waals surface area contributed by atoms with E-state index in [9.17, 15) is 8.42 Å². The standard InChI is InChI=1S/C15H17BrN2O2S/c1-10-3-8-14(17)9-15(10)21(19,20)18-11(2)12-4-6-13(16)7-5-12/h3-9,11,18H,17H2,1-2H3. The summed E-state index contributed by atoms with van der Waals surface area (Å²) in [6, 6.07) is 12.1. The zero-order chi connectivity index (χ0) is 15.6. The van der Waals surface area contributed by atoms with Crippen LogP contribution in [0.25, 0.3) is 0 Å². The van der Waals surface area contributed by atoms with Crippen molar-refractivity contribution in [1.29, 1.82) is 0 Å². The van der Waals surface area contributed by atoms with Gasteiger partial charge in [-0.2, -0.15) is 0 Å². The SMILES string of the molecule is Cc1ccc(N)cc1S(=O)(=O)NC(C)c1ccc(Br)cc1. The van der Waals surface area contributed by atoms with Crippen molar-refractivity contribution in [3.05, 3.63) is 58.1 Å². The molecule has 0 aromatic heterocycles. The first-order chi connectivity index (χ1) is 9.79. The molecule has 1 atom stereocenters. The summed E-state index contributed by atoms with van der Waals surface area (Å²) in [4.78, 5) is 0.214. The Kier molecular flexibility index (Phi) is 4.70. The Hall–Kier alpha value is -1.37. The van der Waals surface area contributed by atoms with Crippen molar-refractivity contribution in [2.24, 2.45) is 0 Å². The molecule has 0 heterocycles. The van der Waals surface area contributed by atoms with Crippen LogP contribution < -0.4 is 10.5 Å². The van der Waals surface area contributed by atoms with Gasteiger partial charge >= 0.3 is 0 Å². The third-order valence-corrected chi connectivity index (χ3v) is 5.42. The summed E-state index contributed by atoms with van der Waals surface area (Å²) in [5.74, 6) is 0. The van der Waals surface area contributed by atoms with Gasteiger partial charge in [0, 0.05) is 16.2 Å². The molecule has 2 aromatic carbocycles. The van der Waals surface area contributed by atoms with Gasteiger partial charge in [0.05, 0.1) is 4.90 Å². The second-order valence-electron chi connectivity index (χ2n) is 4.92. The van der Waals surface area contributed by atoms with Gasteiger partial charge in [-0.1, -0.05) is 34.1 Å². The molecule has 112 valence electrons. The number of aryl methyl sites for hydroxylation is 1. The molecule has 0 aliphatic rings. The number of anilines is 1. The Bertz CT molecular complexity index is 743. The molecule has 0 aliphatic carbocycles. The Morgan fingerprint density at radius 1 is 1.14 bits per heavy atom. The number of hydrogen-bond donors (Lipinski definition) is 2. The first-order valence-corrected chi connectivity index (χ1v) is 8.71. The van der Waals surface area contributed by atoms with E-state index in [1.165, 1.54) is 6.07 Å². The third-order valence-electron chi connectivity index (χ3n) is 3.20. The Morgan fingerprint density at radius 3 is 2.38 bits per heavy atom. The zero-order valence-corrected chi connectivity index (χ0v) is 14.2. The molecule has 0 amide bonds. The number of benzene rings is 2. The first-order valence-electron chi connectivity index (χ1n) is 6.43. The molecule has 0 saturated heterocycles. The lowest BCUT2D eigenvalue weighted by atomic mass is 10.1. The van der Waals surface area contributed by atoms with Crippen LogP contribution >= 0.6 is 15.9 Å². The van der Waals surface area contributed by atoms with Gasteiger partial charge in [-0.25, -0.2) is 13.1 Å². The molecule has 0 aliphatic heterocycles. The quantitative estimate of drug-likeness (QED) is 0.812. The van der Waals surface area contributed by atoms with Crippen molar-refractivity contribution in [3.8, 4) is 0 Å². The van der Waals surface area contributed by atoms with Gasteiger partial charge in [0.2, 0.25) is 10.0 Å². The van der Waals surface area contributed by atoms with Crippen molar-refractivity contribution < 1.29 is 8.42 Å². The van der Waals surface area contributed by atoms with Crippen LogP contribution in [0.1, 0.15) is 24.1 Å². The lowest BCUT2D eigenvalue weighted by Gasteiger charge is -2.16. The maximum atomic E-state index is 12.5. The zero-order valence-electron chi connectivity index (χ0n) is 11.8. The summed E-state index contributed by atoms with van der Waals surface area (Å²) in [5, 5.41) is 0. The van der Waals surface area contributed by atoms with Crippen molar-refractivity contribution in [3.63, 3.8) is 0 Å². The van der Waals surface area contributed by atoms with Crippen molar-refractivity contribution in [2.45, 2.75) is 24.8 Å². The number of nitrogen functional groups attached to an aromatic ring is 1. The van der Waals surface area contributed by atoms with Crippen LogP contribution in [0.2, 0.25) is 0 Å². The topological polar surface area (TPSA) is 72.2 Å². The highest BCUT2D eigenvalue weighted by molar-refractivity contribution is 9.10. The van der Waals surface area contributed by atoms with Crippen LogP contribution in [0.15, 0.2) is 51.8 Å². The lowest BCUT2D eigenvalue weighted by Crippen LogP contribution is -2.27. The minimum Gasteiger partial charge on any atom is -0.399 e. The van der Waals surface area contributed by atoms with E-state index in [1.807, 2.05) is 31.2 Å². The summed E-state index contributed by atoms with van der Waals surface area (Å²) in [6.45, 7) is 3.56. The van der Waals surface area contributed by atoms with E-state index in [0.717, 1.165) is 10.0 Å². The molecular formula is C15H17BrN2O2S. The average molecular weight is 369 g/mol. The Labute approximate surface area is 133 Å². The number of hydrogen-bond acceptors (Lipinski definition) is 3. The van der Waals surface area contributed by atoms with Gasteiger partial charge in [-0.15, -0.1) is 0 Å². The van der Waals surface area contributed by atoms with Crippen LogP contribution in [0.4, 0.5) is 5.69 Å². The second-order valence-corrected chi connectivity index (χ2v) is 7.52. The van der Waals surface area contributed by atoms with Gasteiger partial charge in [-0.3, -0.25) is 0 Å². The largest absolute Gasteiger partial charge is 0.399 e. The molecule has 2 rings (SSSR count). The molecule has 0 spiro atoms. The minimum absolute atomic E-state index is 0.214. The molecular weight excluding hydrogens is 352 g/mol. The highest BCUT2D eigenvalue weighted by Crippen LogP contribution is 2.22. The Balaban J connectivity index is 2.28. The monoisotopic (exact) mass is 368 g/mol. The molecule has 21 heavy (non-hydrogen) atoms. The molecule has 3 N–H and O–H groups in total. The third kappa shape index (κ3) is 3.84. The summed E-state index contributed by atoms with van der Waals surface area (Å²) in [5.41, 5.74) is 7.67. The molecule has 0 fully saturated rings. The van der Waals surface area contributed by atoms with Gasteiger partial charge in [-0.05, 0) is 49.2 Å². The molecule has 6 heteroatoms. The molecule has 0 bridgehead atoms. The number of nitrogens with two attached hydrogens (primary N) is 1. The smallest absolute Gasteiger partial charge is 0.241 e. The van der Waals surface area contributed by atoms with Gasteiger partial charge < -0.3 is 5.73 Å². The predicted molar refractivity (Wildman–Crippen MR) is 88.5 cm³/mol. The number of halogens is 1. The molecule has 2 aromatic rings. The summed E-state index contributed by atoms with van der Waals surface area (Å²) >= 11 is 3.36. The number of sulfonamides is 1. The highest BCUT2D eigenvalue weighted by atomic mass is 79.9. The minimum atomic E-state index is -3.61. The van der Waals surface area contributed by atoms with Crippen molar-refractivity contribution >= 4 is 31.6 Å². The normalized spacial score (nSPS) is 13.1. The average Bonchev–Trinajstić information content (AvgIpc) is 2.41. The fraction of sp³-hybridized carbons (Fsp3) is 0.200. The molecule has 1 unspecified atom stereocenters. The van der Waals surface area contributed by atoms with E-state index < -0.39 is 10.0 Å². The summed E-state index contributed by atoms with van der Waals surface area (Å²) < 4.78 is 28.6. The first kappa shape index (κ1) is 16.0. The van der Waals surface area contributed by atoms with E-state index in [1.54, 1.807) is 19.1 Å². The van der Waals surface area contributed by atoms with E-state index >= 15 is 0 Å². The Morgan fingerprint density at radius 2 is 1.76 bits per heavy atom. The maximum absolute atomic E-state index is 12.5. The molecule has 0 saturated carbocycles. The van der Waals surface area contributed by atoms with E-state index in [4.69, 9.17) is 5.73 Å². The molecule has 0 radical (unpaired) electrons. The van der Waals surface area contributed by atoms with Crippen LogP contribution in [-0.2, 0) is 10.0 Å². The van der Waals surface area contributed by atoms with Crippen LogP contribution in [0.3, 0.4) is 0 Å². The number of nitrogens with one attached hydrogen (secondary N) is 1. The van der Waals surface area contributed by atoms with Crippen LogP contribution in [0.5, 0.6) is 0 Å². The van der Waals surface area contributed by atoms with E-state index in [2.05, 4.69) is 20.7 Å². The summed E-state index contributed by atoms with van der Waals surface area (Å²) in [7, 11) is -3.61. The van der Waals surface area contributed by atoms with Gasteiger partial charge in [0.1, 0.15) is 0 Å². The summed E-state index contributed by atoms with van der Waals surface area (Å²) in [6.07, 6.45) is 0. The van der Waals surface area contributed by atoms with E-state index in [-0.39, 0.29) is 10.9 Å². The van der Waals surface area contributed by atoms with Crippen LogP contribution in [-0.4, -0.2) is 8.42 Å². The van der Waals surface area contributed by atoms with Gasteiger partial charge in [0.15, 0.2) is 0 Å². The van der Waals surface area contributed by atoms with Crippen molar-refractivity contribution in [1.82, 2.24) is 4.72 Å². The molecule has 4 nitrogen and oxygen atoms in total. The lowest BCUT2D eigenvalue weighted by molar-refractivity contribution is 0.566. The highest BCUT2D eigenvalue weighted by Gasteiger charge is 2.20. The van der Waals surface area contributed by atoms with E-state index in [0.29, 0.717) is 11.3 Å². The van der Waals surface area contributed by atoms with Gasteiger partial charge in [0.25, 0.3) is 0 Å². The fourth-order valence-corrected chi connectivity index (χ4v) is 3.80. The predicted octanol–water partition coefficient (Wildman–Crippen LogP) is 3.38.